The molecule has 3 heterocycles. The number of anilines is 3. The van der Waals surface area contributed by atoms with Gasteiger partial charge in [0.2, 0.25) is 11.9 Å². The third kappa shape index (κ3) is 4.42. The van der Waals surface area contributed by atoms with Gasteiger partial charge in [0.1, 0.15) is 17.5 Å². The minimum Gasteiger partial charge on any atom is -0.382 e. The van der Waals surface area contributed by atoms with E-state index < -0.39 is 0 Å². The van der Waals surface area contributed by atoms with Crippen molar-refractivity contribution in [2.45, 2.75) is 0 Å². The first-order valence-corrected chi connectivity index (χ1v) is 9.54. The summed E-state index contributed by atoms with van der Waals surface area (Å²) in [6, 6.07) is 11.2. The predicted molar refractivity (Wildman–Crippen MR) is 117 cm³/mol. The fourth-order valence-corrected chi connectivity index (χ4v) is 2.88. The average Bonchev–Trinajstić information content (AvgIpc) is 3.37. The number of aromatic nitrogens is 6. The summed E-state index contributed by atoms with van der Waals surface area (Å²) in [5.74, 6) is 0.900. The number of hydrogen-bond donors (Lipinski definition) is 3. The van der Waals surface area contributed by atoms with Gasteiger partial charge in [0.15, 0.2) is 0 Å². The van der Waals surface area contributed by atoms with Crippen molar-refractivity contribution in [3.05, 3.63) is 66.5 Å². The standard InChI is InChI=1S/C21H17N11/c22-9-14-1-3-15(4-2-14)18-17(32-8-7-25-13-32)12-29-20(30-18)26-5-6-27-21-28-11-16(10-23)19(24)31-21/h1-4,7-8,11-13H,5-6H2,(H,26,29,30)(H3,24,27,28,31). The molecule has 0 atom stereocenters. The zero-order chi connectivity index (χ0) is 22.3. The Labute approximate surface area is 183 Å². The van der Waals surface area contributed by atoms with E-state index in [9.17, 15) is 0 Å². The number of nitrogens with two attached hydrogens (primary N) is 1. The quantitative estimate of drug-likeness (QED) is 0.374. The minimum absolute atomic E-state index is 0.128. The Hall–Kier alpha value is -5.03. The molecule has 0 aliphatic rings. The normalized spacial score (nSPS) is 10.2. The van der Waals surface area contributed by atoms with Gasteiger partial charge in [-0.1, -0.05) is 12.1 Å². The van der Waals surface area contributed by atoms with Crippen LogP contribution in [0.2, 0.25) is 0 Å². The van der Waals surface area contributed by atoms with E-state index in [0.29, 0.717) is 36.2 Å². The second-order valence-corrected chi connectivity index (χ2v) is 6.54. The molecule has 4 rings (SSSR count). The molecule has 4 N–H and O–H groups in total. The van der Waals surface area contributed by atoms with E-state index in [-0.39, 0.29) is 11.4 Å². The highest BCUT2D eigenvalue weighted by Crippen LogP contribution is 2.25. The van der Waals surface area contributed by atoms with Crippen molar-refractivity contribution in [1.29, 1.82) is 10.5 Å². The van der Waals surface area contributed by atoms with Crippen LogP contribution in [0.1, 0.15) is 11.1 Å². The van der Waals surface area contributed by atoms with Crippen LogP contribution in [0.3, 0.4) is 0 Å². The largest absolute Gasteiger partial charge is 0.382 e. The maximum absolute atomic E-state index is 9.06. The lowest BCUT2D eigenvalue weighted by Gasteiger charge is -2.12. The number of nitrogen functional groups attached to an aromatic ring is 1. The summed E-state index contributed by atoms with van der Waals surface area (Å²) >= 11 is 0. The first-order chi connectivity index (χ1) is 15.7. The van der Waals surface area contributed by atoms with Crippen LogP contribution in [-0.2, 0) is 0 Å². The predicted octanol–water partition coefficient (Wildman–Crippen LogP) is 1.97. The molecule has 0 unspecified atom stereocenters. The third-order valence-electron chi connectivity index (χ3n) is 4.47. The molecule has 32 heavy (non-hydrogen) atoms. The lowest BCUT2D eigenvalue weighted by Crippen LogP contribution is -2.17. The van der Waals surface area contributed by atoms with Crippen LogP contribution in [0.15, 0.2) is 55.4 Å². The lowest BCUT2D eigenvalue weighted by molar-refractivity contribution is 0.978. The maximum atomic E-state index is 9.06. The van der Waals surface area contributed by atoms with Crippen molar-refractivity contribution in [3.8, 4) is 29.1 Å². The fourth-order valence-electron chi connectivity index (χ4n) is 2.88. The Kier molecular flexibility index (Phi) is 5.82. The molecule has 4 aromatic rings. The summed E-state index contributed by atoms with van der Waals surface area (Å²) in [5.41, 5.74) is 8.80. The smallest absolute Gasteiger partial charge is 0.224 e. The zero-order valence-corrected chi connectivity index (χ0v) is 16.8. The molecule has 0 fully saturated rings. The highest BCUT2D eigenvalue weighted by atomic mass is 15.2. The van der Waals surface area contributed by atoms with E-state index >= 15 is 0 Å². The summed E-state index contributed by atoms with van der Waals surface area (Å²) < 4.78 is 1.82. The van der Waals surface area contributed by atoms with E-state index in [1.165, 1.54) is 6.20 Å². The van der Waals surface area contributed by atoms with Crippen molar-refractivity contribution < 1.29 is 0 Å². The number of rotatable bonds is 7. The van der Waals surface area contributed by atoms with Gasteiger partial charge in [0.05, 0.1) is 41.7 Å². The topological polar surface area (TPSA) is 167 Å². The first kappa shape index (κ1) is 20.3. The van der Waals surface area contributed by atoms with Gasteiger partial charge in [-0.15, -0.1) is 0 Å². The maximum Gasteiger partial charge on any atom is 0.224 e. The molecule has 1 aromatic carbocycles. The highest BCUT2D eigenvalue weighted by Gasteiger charge is 2.12. The van der Waals surface area contributed by atoms with Gasteiger partial charge in [0.25, 0.3) is 0 Å². The summed E-state index contributed by atoms with van der Waals surface area (Å²) in [5, 5.41) is 24.1. The molecule has 0 aliphatic carbocycles. The molecule has 11 heteroatoms. The molecule has 0 spiro atoms. The van der Waals surface area contributed by atoms with Crippen LogP contribution in [0.4, 0.5) is 17.7 Å². The lowest BCUT2D eigenvalue weighted by atomic mass is 10.1. The third-order valence-corrected chi connectivity index (χ3v) is 4.47. The molecule has 0 saturated carbocycles. The van der Waals surface area contributed by atoms with Crippen LogP contribution >= 0.6 is 0 Å². The molecule has 156 valence electrons. The summed E-state index contributed by atoms with van der Waals surface area (Å²) in [6.45, 7) is 0.963. The van der Waals surface area contributed by atoms with Crippen LogP contribution in [0.25, 0.3) is 16.9 Å². The molecular weight excluding hydrogens is 406 g/mol. The Morgan fingerprint density at radius 2 is 1.66 bits per heavy atom. The summed E-state index contributed by atoms with van der Waals surface area (Å²) in [7, 11) is 0. The van der Waals surface area contributed by atoms with Gasteiger partial charge in [-0.2, -0.15) is 15.5 Å². The second-order valence-electron chi connectivity index (χ2n) is 6.54. The van der Waals surface area contributed by atoms with Crippen LogP contribution in [-0.4, -0.2) is 42.6 Å². The van der Waals surface area contributed by atoms with E-state index in [1.807, 2.05) is 29.0 Å². The van der Waals surface area contributed by atoms with Crippen LogP contribution < -0.4 is 16.4 Å². The second kappa shape index (κ2) is 9.19. The summed E-state index contributed by atoms with van der Waals surface area (Å²) in [6.07, 6.45) is 8.25. The van der Waals surface area contributed by atoms with E-state index in [1.54, 1.807) is 30.9 Å². The molecule has 0 aliphatic heterocycles. The van der Waals surface area contributed by atoms with Gasteiger partial charge >= 0.3 is 0 Å². The van der Waals surface area contributed by atoms with Crippen molar-refractivity contribution >= 4 is 17.7 Å². The van der Waals surface area contributed by atoms with Gasteiger partial charge in [-0.25, -0.2) is 19.9 Å². The summed E-state index contributed by atoms with van der Waals surface area (Å²) in [4.78, 5) is 21.2. The first-order valence-electron chi connectivity index (χ1n) is 9.54. The highest BCUT2D eigenvalue weighted by molar-refractivity contribution is 5.70. The van der Waals surface area contributed by atoms with Crippen molar-refractivity contribution in [2.24, 2.45) is 0 Å². The van der Waals surface area contributed by atoms with E-state index in [0.717, 1.165) is 11.3 Å². The fraction of sp³-hybridized carbons (Fsp3) is 0.0952. The van der Waals surface area contributed by atoms with E-state index in [4.69, 9.17) is 16.3 Å². The zero-order valence-electron chi connectivity index (χ0n) is 16.8. The van der Waals surface area contributed by atoms with Crippen LogP contribution in [0, 0.1) is 22.7 Å². The molecule has 0 amide bonds. The van der Waals surface area contributed by atoms with E-state index in [2.05, 4.69) is 41.6 Å². The Morgan fingerprint density at radius 3 is 2.28 bits per heavy atom. The van der Waals surface area contributed by atoms with Crippen molar-refractivity contribution in [3.63, 3.8) is 0 Å². The number of imidazole rings is 1. The van der Waals surface area contributed by atoms with Crippen molar-refractivity contribution in [2.75, 3.05) is 29.5 Å². The molecule has 3 aromatic heterocycles. The van der Waals surface area contributed by atoms with Gasteiger partial charge in [-0.05, 0) is 12.1 Å². The molecular formula is C21H17N11. The van der Waals surface area contributed by atoms with Gasteiger partial charge < -0.3 is 20.9 Å². The molecule has 11 nitrogen and oxygen atoms in total. The number of nitrogens with zero attached hydrogens (tertiary/aromatic N) is 8. The number of nitrogens with one attached hydrogen (secondary N) is 2. The molecule has 0 bridgehead atoms. The molecule has 0 saturated heterocycles. The Bertz CT molecular complexity index is 1300. The number of hydrogen-bond acceptors (Lipinski definition) is 10. The Balaban J connectivity index is 1.49. The SMILES string of the molecule is N#Cc1ccc(-c2nc(NCCNc3ncc(C#N)c(N)n3)ncc2-n2ccnc2)cc1. The van der Waals surface area contributed by atoms with Gasteiger partial charge in [0, 0.05) is 31.0 Å². The van der Waals surface area contributed by atoms with Gasteiger partial charge in [-0.3, -0.25) is 0 Å². The molecule has 0 radical (unpaired) electrons. The van der Waals surface area contributed by atoms with Crippen LogP contribution in [0.5, 0.6) is 0 Å². The average molecular weight is 423 g/mol. The number of nitriles is 2. The monoisotopic (exact) mass is 423 g/mol. The van der Waals surface area contributed by atoms with Crippen molar-refractivity contribution in [1.82, 2.24) is 29.5 Å². The minimum atomic E-state index is 0.128. The Morgan fingerprint density at radius 1 is 0.938 bits per heavy atom. The number of benzene rings is 1.